The maximum absolute atomic E-state index is 13.0. The molecule has 23 heavy (non-hydrogen) atoms. The zero-order chi connectivity index (χ0) is 16.8. The van der Waals surface area contributed by atoms with Crippen LogP contribution in [0.3, 0.4) is 0 Å². The molecule has 0 bridgehead atoms. The number of carbonyl (C=O) groups is 2. The lowest BCUT2D eigenvalue weighted by Gasteiger charge is -2.15. The van der Waals surface area contributed by atoms with E-state index in [1.165, 1.54) is 18.2 Å². The topological polar surface area (TPSA) is 58.2 Å². The number of amides is 2. The number of carbonyl (C=O) groups excluding carboxylic acids is 2. The lowest BCUT2D eigenvalue weighted by molar-refractivity contribution is -0.120. The Morgan fingerprint density at radius 3 is 2.61 bits per heavy atom. The van der Waals surface area contributed by atoms with Crippen molar-refractivity contribution in [2.45, 2.75) is 13.0 Å². The molecule has 4 nitrogen and oxygen atoms in total. The number of nitrogens with one attached hydrogen (secondary N) is 2. The molecule has 2 N–H and O–H groups in total. The smallest absolute Gasteiger partial charge is 0.251 e. The molecule has 120 valence electrons. The summed E-state index contributed by atoms with van der Waals surface area (Å²) in [4.78, 5) is 23.7. The minimum atomic E-state index is -0.505. The van der Waals surface area contributed by atoms with Crippen LogP contribution < -0.4 is 10.6 Å². The Morgan fingerprint density at radius 1 is 1.17 bits per heavy atom. The third kappa shape index (κ3) is 5.07. The fourth-order valence-corrected chi connectivity index (χ4v) is 2.24. The molecule has 2 rings (SSSR count). The van der Waals surface area contributed by atoms with Crippen LogP contribution >= 0.6 is 11.6 Å². The van der Waals surface area contributed by atoms with Crippen LogP contribution in [-0.4, -0.2) is 18.4 Å². The van der Waals surface area contributed by atoms with Crippen LogP contribution in [0.15, 0.2) is 48.5 Å². The zero-order valence-corrected chi connectivity index (χ0v) is 13.2. The molecule has 0 aliphatic carbocycles. The molecule has 1 unspecified atom stereocenters. The minimum Gasteiger partial charge on any atom is -0.348 e. The highest BCUT2D eigenvalue weighted by molar-refractivity contribution is 6.30. The lowest BCUT2D eigenvalue weighted by Crippen LogP contribution is -2.38. The molecule has 0 aromatic heterocycles. The molecule has 2 aromatic carbocycles. The number of halogens is 2. The van der Waals surface area contributed by atoms with Gasteiger partial charge in [-0.3, -0.25) is 9.59 Å². The molecule has 0 saturated carbocycles. The van der Waals surface area contributed by atoms with Gasteiger partial charge >= 0.3 is 0 Å². The predicted octanol–water partition coefficient (Wildman–Crippen LogP) is 3.09. The third-order valence-corrected chi connectivity index (χ3v) is 3.46. The quantitative estimate of drug-likeness (QED) is 0.882. The average molecular weight is 335 g/mol. The first-order valence-electron chi connectivity index (χ1n) is 7.04. The summed E-state index contributed by atoms with van der Waals surface area (Å²) in [6, 6.07) is 12.2. The van der Waals surface area contributed by atoms with Crippen molar-refractivity contribution in [1.29, 1.82) is 0 Å². The summed E-state index contributed by atoms with van der Waals surface area (Å²) in [5.74, 6) is -1.35. The van der Waals surface area contributed by atoms with Crippen molar-refractivity contribution in [3.63, 3.8) is 0 Å². The summed E-state index contributed by atoms with van der Waals surface area (Å²) >= 11 is 5.91. The fraction of sp³-hybridized carbons (Fsp3) is 0.176. The van der Waals surface area contributed by atoms with Crippen molar-refractivity contribution >= 4 is 23.4 Å². The van der Waals surface area contributed by atoms with Crippen molar-refractivity contribution in [3.8, 4) is 0 Å². The predicted molar refractivity (Wildman–Crippen MR) is 86.7 cm³/mol. The lowest BCUT2D eigenvalue weighted by atomic mass is 10.1. The van der Waals surface area contributed by atoms with E-state index in [2.05, 4.69) is 10.6 Å². The van der Waals surface area contributed by atoms with Crippen LogP contribution in [0.5, 0.6) is 0 Å². The van der Waals surface area contributed by atoms with Crippen molar-refractivity contribution in [1.82, 2.24) is 10.6 Å². The largest absolute Gasteiger partial charge is 0.348 e. The Balaban J connectivity index is 1.86. The van der Waals surface area contributed by atoms with Gasteiger partial charge in [0.1, 0.15) is 5.82 Å². The normalized spacial score (nSPS) is 11.6. The van der Waals surface area contributed by atoms with Gasteiger partial charge in [0, 0.05) is 10.6 Å². The Hall–Kier alpha value is -2.40. The Kier molecular flexibility index (Phi) is 5.71. The summed E-state index contributed by atoms with van der Waals surface area (Å²) in [6.45, 7) is 1.62. The molecule has 0 radical (unpaired) electrons. The van der Waals surface area contributed by atoms with Crippen LogP contribution in [0.2, 0.25) is 5.02 Å². The summed E-state index contributed by atoms with van der Waals surface area (Å²) in [7, 11) is 0. The number of hydrogen-bond acceptors (Lipinski definition) is 2. The van der Waals surface area contributed by atoms with Crippen LogP contribution in [0.4, 0.5) is 4.39 Å². The number of rotatable bonds is 5. The van der Waals surface area contributed by atoms with Gasteiger partial charge in [0.05, 0.1) is 12.6 Å². The van der Waals surface area contributed by atoms with Gasteiger partial charge < -0.3 is 10.6 Å². The highest BCUT2D eigenvalue weighted by Gasteiger charge is 2.12. The summed E-state index contributed by atoms with van der Waals surface area (Å²) < 4.78 is 13.0. The standard InChI is InChI=1S/C17H16ClFN2O2/c1-11(12-4-2-6-14(18)8-12)21-16(22)10-20-17(23)13-5-3-7-15(19)9-13/h2-9,11H,10H2,1H3,(H,20,23)(H,21,22). The second kappa shape index (κ2) is 7.74. The van der Waals surface area contributed by atoms with Gasteiger partial charge in [-0.25, -0.2) is 4.39 Å². The molecular weight excluding hydrogens is 319 g/mol. The molecule has 0 saturated heterocycles. The van der Waals surface area contributed by atoms with Gasteiger partial charge in [-0.2, -0.15) is 0 Å². The van der Waals surface area contributed by atoms with E-state index < -0.39 is 11.7 Å². The number of benzene rings is 2. The van der Waals surface area contributed by atoms with Crippen LogP contribution in [0.25, 0.3) is 0 Å². The zero-order valence-electron chi connectivity index (χ0n) is 12.5. The number of hydrogen-bond donors (Lipinski definition) is 2. The molecule has 1 atom stereocenters. The molecule has 0 fully saturated rings. The monoisotopic (exact) mass is 334 g/mol. The Labute approximate surface area is 138 Å². The molecule has 2 aromatic rings. The van der Waals surface area contributed by atoms with Crippen molar-refractivity contribution in [3.05, 3.63) is 70.5 Å². The highest BCUT2D eigenvalue weighted by Crippen LogP contribution is 2.17. The Morgan fingerprint density at radius 2 is 1.91 bits per heavy atom. The van der Waals surface area contributed by atoms with Crippen molar-refractivity contribution in [2.75, 3.05) is 6.54 Å². The van der Waals surface area contributed by atoms with E-state index in [0.29, 0.717) is 5.02 Å². The van der Waals surface area contributed by atoms with Crippen LogP contribution in [0, 0.1) is 5.82 Å². The highest BCUT2D eigenvalue weighted by atomic mass is 35.5. The molecular formula is C17H16ClFN2O2. The SMILES string of the molecule is CC(NC(=O)CNC(=O)c1cccc(F)c1)c1cccc(Cl)c1. The summed E-state index contributed by atoms with van der Waals surface area (Å²) in [5, 5.41) is 5.79. The van der Waals surface area contributed by atoms with E-state index in [-0.39, 0.29) is 24.1 Å². The first-order chi connectivity index (χ1) is 11.0. The van der Waals surface area contributed by atoms with Gasteiger partial charge in [0.15, 0.2) is 0 Å². The molecule has 0 heterocycles. The van der Waals surface area contributed by atoms with E-state index in [1.807, 2.05) is 13.0 Å². The second-order valence-electron chi connectivity index (χ2n) is 5.04. The Bertz CT molecular complexity index is 721. The third-order valence-electron chi connectivity index (χ3n) is 3.22. The van der Waals surface area contributed by atoms with Gasteiger partial charge in [-0.1, -0.05) is 29.8 Å². The average Bonchev–Trinajstić information content (AvgIpc) is 2.52. The second-order valence-corrected chi connectivity index (χ2v) is 5.47. The maximum atomic E-state index is 13.0. The fourth-order valence-electron chi connectivity index (χ4n) is 2.04. The molecule has 0 spiro atoms. The van der Waals surface area contributed by atoms with E-state index in [4.69, 9.17) is 11.6 Å². The van der Waals surface area contributed by atoms with Gasteiger partial charge in [0.2, 0.25) is 5.91 Å². The van der Waals surface area contributed by atoms with Crippen molar-refractivity contribution < 1.29 is 14.0 Å². The molecule has 0 aliphatic rings. The van der Waals surface area contributed by atoms with Gasteiger partial charge in [0.25, 0.3) is 5.91 Å². The van der Waals surface area contributed by atoms with Crippen LogP contribution in [0.1, 0.15) is 28.9 Å². The summed E-state index contributed by atoms with van der Waals surface area (Å²) in [5.41, 5.74) is 1.03. The van der Waals surface area contributed by atoms with E-state index in [1.54, 1.807) is 18.2 Å². The molecule has 2 amide bonds. The first-order valence-corrected chi connectivity index (χ1v) is 7.42. The van der Waals surface area contributed by atoms with Gasteiger partial charge in [-0.05, 0) is 42.8 Å². The van der Waals surface area contributed by atoms with E-state index >= 15 is 0 Å². The molecule has 0 aliphatic heterocycles. The molecule has 6 heteroatoms. The van der Waals surface area contributed by atoms with Gasteiger partial charge in [-0.15, -0.1) is 0 Å². The minimum absolute atomic E-state index is 0.167. The van der Waals surface area contributed by atoms with E-state index in [0.717, 1.165) is 11.6 Å². The maximum Gasteiger partial charge on any atom is 0.251 e. The van der Waals surface area contributed by atoms with Crippen molar-refractivity contribution in [2.24, 2.45) is 0 Å². The summed E-state index contributed by atoms with van der Waals surface area (Å²) in [6.07, 6.45) is 0. The van der Waals surface area contributed by atoms with Crippen LogP contribution in [-0.2, 0) is 4.79 Å². The first kappa shape index (κ1) is 17.0. The van der Waals surface area contributed by atoms with E-state index in [9.17, 15) is 14.0 Å².